The van der Waals surface area contributed by atoms with E-state index in [0.29, 0.717) is 29.8 Å². The predicted molar refractivity (Wildman–Crippen MR) is 90.7 cm³/mol. The average molecular weight is 348 g/mol. The van der Waals surface area contributed by atoms with Gasteiger partial charge in [0, 0.05) is 17.8 Å². The summed E-state index contributed by atoms with van der Waals surface area (Å²) in [5.41, 5.74) is 1.56. The third kappa shape index (κ3) is 3.20. The maximum Gasteiger partial charge on any atom is 0.339 e. The first kappa shape index (κ1) is 16.7. The molecular formula is C17H18ClN3O3. The van der Waals surface area contributed by atoms with E-state index in [1.54, 1.807) is 6.92 Å². The zero-order valence-electron chi connectivity index (χ0n) is 13.4. The Kier molecular flexibility index (Phi) is 4.69. The minimum absolute atomic E-state index is 0.00713. The molecule has 126 valence electrons. The van der Waals surface area contributed by atoms with Gasteiger partial charge in [0.05, 0.1) is 23.9 Å². The monoisotopic (exact) mass is 347 g/mol. The van der Waals surface area contributed by atoms with Gasteiger partial charge in [-0.15, -0.1) is 0 Å². The summed E-state index contributed by atoms with van der Waals surface area (Å²) in [6.45, 7) is 4.89. The van der Waals surface area contributed by atoms with Crippen LogP contribution in [0.4, 0.5) is 5.95 Å². The van der Waals surface area contributed by atoms with E-state index in [1.807, 2.05) is 36.1 Å². The fourth-order valence-electron chi connectivity index (χ4n) is 2.93. The first-order chi connectivity index (χ1) is 11.5. The van der Waals surface area contributed by atoms with Crippen LogP contribution in [-0.2, 0) is 4.74 Å². The second kappa shape index (κ2) is 6.75. The Morgan fingerprint density at radius 2 is 2.25 bits per heavy atom. The summed E-state index contributed by atoms with van der Waals surface area (Å²) in [6, 6.07) is 7.59. The average Bonchev–Trinajstić information content (AvgIpc) is 2.54. The van der Waals surface area contributed by atoms with Crippen molar-refractivity contribution in [3.05, 3.63) is 52.3 Å². The molecule has 1 aromatic heterocycles. The molecule has 1 aliphatic rings. The van der Waals surface area contributed by atoms with Crippen molar-refractivity contribution in [3.63, 3.8) is 0 Å². The van der Waals surface area contributed by atoms with Gasteiger partial charge in [0.15, 0.2) is 0 Å². The van der Waals surface area contributed by atoms with E-state index in [9.17, 15) is 4.79 Å². The normalized spacial score (nSPS) is 20.9. The quantitative estimate of drug-likeness (QED) is 0.919. The van der Waals surface area contributed by atoms with Gasteiger partial charge in [-0.3, -0.25) is 0 Å². The zero-order chi connectivity index (χ0) is 17.3. The van der Waals surface area contributed by atoms with Gasteiger partial charge in [0.1, 0.15) is 6.10 Å². The first-order valence-electron chi connectivity index (χ1n) is 7.68. The largest absolute Gasteiger partial charge is 0.478 e. The SMILES string of the molecule is Cc1nc(N2CCO[C@H](c3cccc(Cl)c3)[C@H]2C)ncc1C(=O)O. The Labute approximate surface area is 145 Å². The topological polar surface area (TPSA) is 75.5 Å². The van der Waals surface area contributed by atoms with Crippen LogP contribution in [0.5, 0.6) is 0 Å². The lowest BCUT2D eigenvalue weighted by atomic mass is 10.0. The molecule has 0 saturated carbocycles. The Balaban J connectivity index is 1.89. The summed E-state index contributed by atoms with van der Waals surface area (Å²) in [7, 11) is 0. The third-order valence-corrected chi connectivity index (χ3v) is 4.43. The number of nitrogens with zero attached hydrogens (tertiary/aromatic N) is 3. The lowest BCUT2D eigenvalue weighted by Crippen LogP contribution is -2.46. The molecule has 7 heteroatoms. The molecule has 0 unspecified atom stereocenters. The van der Waals surface area contributed by atoms with Gasteiger partial charge < -0.3 is 14.7 Å². The molecular weight excluding hydrogens is 330 g/mol. The second-order valence-corrected chi connectivity index (χ2v) is 6.19. The van der Waals surface area contributed by atoms with Crippen LogP contribution in [0.3, 0.4) is 0 Å². The third-order valence-electron chi connectivity index (χ3n) is 4.19. The number of hydrogen-bond donors (Lipinski definition) is 1. The standard InChI is InChI=1S/C17H18ClN3O3/c1-10-14(16(22)23)9-19-17(20-10)21-6-7-24-15(11(21)2)12-4-3-5-13(18)8-12/h3-5,8-9,11,15H,6-7H2,1-2H3,(H,22,23)/t11-,15+/m1/s1. The summed E-state index contributed by atoms with van der Waals surface area (Å²) in [4.78, 5) is 21.8. The second-order valence-electron chi connectivity index (χ2n) is 5.75. The number of morpholine rings is 1. The van der Waals surface area contributed by atoms with Gasteiger partial charge in [0.25, 0.3) is 0 Å². The van der Waals surface area contributed by atoms with Gasteiger partial charge in [-0.05, 0) is 31.5 Å². The van der Waals surface area contributed by atoms with Crippen molar-refractivity contribution >= 4 is 23.5 Å². The molecule has 0 spiro atoms. The molecule has 0 aliphatic carbocycles. The number of carboxylic acid groups (broad SMARTS) is 1. The Morgan fingerprint density at radius 1 is 1.46 bits per heavy atom. The molecule has 1 aliphatic heterocycles. The lowest BCUT2D eigenvalue weighted by Gasteiger charge is -2.39. The van der Waals surface area contributed by atoms with Crippen molar-refractivity contribution < 1.29 is 14.6 Å². The van der Waals surface area contributed by atoms with E-state index in [1.165, 1.54) is 6.20 Å². The highest BCUT2D eigenvalue weighted by atomic mass is 35.5. The van der Waals surface area contributed by atoms with Gasteiger partial charge in [-0.25, -0.2) is 14.8 Å². The molecule has 2 heterocycles. The fraction of sp³-hybridized carbons (Fsp3) is 0.353. The lowest BCUT2D eigenvalue weighted by molar-refractivity contribution is 0.0139. The summed E-state index contributed by atoms with van der Waals surface area (Å²) < 4.78 is 5.93. The van der Waals surface area contributed by atoms with Crippen molar-refractivity contribution in [2.45, 2.75) is 26.0 Å². The van der Waals surface area contributed by atoms with Crippen LogP contribution in [-0.4, -0.2) is 40.2 Å². The Bertz CT molecular complexity index is 768. The van der Waals surface area contributed by atoms with E-state index in [-0.39, 0.29) is 17.7 Å². The van der Waals surface area contributed by atoms with Crippen molar-refractivity contribution in [1.82, 2.24) is 9.97 Å². The van der Waals surface area contributed by atoms with E-state index in [0.717, 1.165) is 5.56 Å². The molecule has 3 rings (SSSR count). The summed E-state index contributed by atoms with van der Waals surface area (Å²) in [6.07, 6.45) is 1.21. The minimum Gasteiger partial charge on any atom is -0.478 e. The number of carboxylic acids is 1. The molecule has 1 aromatic carbocycles. The number of anilines is 1. The van der Waals surface area contributed by atoms with Crippen molar-refractivity contribution in [2.24, 2.45) is 0 Å². The fourth-order valence-corrected chi connectivity index (χ4v) is 3.13. The van der Waals surface area contributed by atoms with E-state index < -0.39 is 5.97 Å². The number of halogens is 1. The molecule has 1 saturated heterocycles. The van der Waals surface area contributed by atoms with Crippen molar-refractivity contribution in [3.8, 4) is 0 Å². The number of aromatic nitrogens is 2. The number of benzene rings is 1. The Hall–Kier alpha value is -2.18. The summed E-state index contributed by atoms with van der Waals surface area (Å²) >= 11 is 6.08. The van der Waals surface area contributed by atoms with Crippen LogP contribution < -0.4 is 4.90 Å². The first-order valence-corrected chi connectivity index (χ1v) is 8.06. The molecule has 24 heavy (non-hydrogen) atoms. The van der Waals surface area contributed by atoms with Crippen LogP contribution in [0.25, 0.3) is 0 Å². The molecule has 1 fully saturated rings. The summed E-state index contributed by atoms with van der Waals surface area (Å²) in [5.74, 6) is -0.508. The van der Waals surface area contributed by atoms with E-state index >= 15 is 0 Å². The van der Waals surface area contributed by atoms with Gasteiger partial charge in [-0.2, -0.15) is 0 Å². The molecule has 0 radical (unpaired) electrons. The predicted octanol–water partition coefficient (Wildman–Crippen LogP) is 3.10. The van der Waals surface area contributed by atoms with Gasteiger partial charge in [-0.1, -0.05) is 23.7 Å². The number of aromatic carboxylic acids is 1. The number of aryl methyl sites for hydroxylation is 1. The van der Waals surface area contributed by atoms with Gasteiger partial charge in [0.2, 0.25) is 5.95 Å². The highest BCUT2D eigenvalue weighted by Crippen LogP contribution is 2.31. The van der Waals surface area contributed by atoms with E-state index in [2.05, 4.69) is 9.97 Å². The van der Waals surface area contributed by atoms with Crippen LogP contribution in [0.15, 0.2) is 30.5 Å². The smallest absolute Gasteiger partial charge is 0.339 e. The molecule has 6 nitrogen and oxygen atoms in total. The van der Waals surface area contributed by atoms with E-state index in [4.69, 9.17) is 21.4 Å². The van der Waals surface area contributed by atoms with Gasteiger partial charge >= 0.3 is 5.97 Å². The van der Waals surface area contributed by atoms with Crippen molar-refractivity contribution in [1.29, 1.82) is 0 Å². The number of carbonyl (C=O) groups is 1. The zero-order valence-corrected chi connectivity index (χ0v) is 14.2. The number of rotatable bonds is 3. The van der Waals surface area contributed by atoms with Crippen LogP contribution in [0, 0.1) is 6.92 Å². The Morgan fingerprint density at radius 3 is 2.92 bits per heavy atom. The van der Waals surface area contributed by atoms with Crippen LogP contribution in [0.2, 0.25) is 5.02 Å². The highest BCUT2D eigenvalue weighted by molar-refractivity contribution is 6.30. The number of ether oxygens (including phenoxy) is 1. The van der Waals surface area contributed by atoms with Crippen LogP contribution in [0.1, 0.15) is 34.6 Å². The maximum absolute atomic E-state index is 11.1. The molecule has 1 N–H and O–H groups in total. The molecule has 0 bridgehead atoms. The van der Waals surface area contributed by atoms with Crippen molar-refractivity contribution in [2.75, 3.05) is 18.1 Å². The molecule has 0 amide bonds. The maximum atomic E-state index is 11.1. The highest BCUT2D eigenvalue weighted by Gasteiger charge is 2.32. The summed E-state index contributed by atoms with van der Waals surface area (Å²) in [5, 5.41) is 9.77. The number of hydrogen-bond acceptors (Lipinski definition) is 5. The van der Waals surface area contributed by atoms with Crippen LogP contribution >= 0.6 is 11.6 Å². The minimum atomic E-state index is -1.02. The molecule has 2 atom stereocenters. The molecule has 2 aromatic rings.